The largest absolute Gasteiger partial charge is 0.492 e. The third-order valence-electron chi connectivity index (χ3n) is 5.34. The number of rotatable bonds is 8. The zero-order chi connectivity index (χ0) is 22.5. The monoisotopic (exact) mass is 427 g/mol. The van der Waals surface area contributed by atoms with Gasteiger partial charge in [-0.15, -0.1) is 0 Å². The number of nitrogens with one attached hydrogen (secondary N) is 1. The summed E-state index contributed by atoms with van der Waals surface area (Å²) in [5, 5.41) is 13.0. The van der Waals surface area contributed by atoms with Crippen molar-refractivity contribution in [3.05, 3.63) is 64.5 Å². The summed E-state index contributed by atoms with van der Waals surface area (Å²) in [6, 6.07) is 8.31. The maximum absolute atomic E-state index is 13.1. The van der Waals surface area contributed by atoms with Crippen molar-refractivity contribution in [3.63, 3.8) is 0 Å². The Morgan fingerprint density at radius 3 is 2.58 bits per heavy atom. The molecule has 1 heterocycles. The van der Waals surface area contributed by atoms with Gasteiger partial charge in [-0.05, 0) is 52.7 Å². The van der Waals surface area contributed by atoms with E-state index >= 15 is 0 Å². The van der Waals surface area contributed by atoms with Gasteiger partial charge in [0.25, 0.3) is 5.91 Å². The molecule has 0 saturated heterocycles. The molecule has 8 heteroatoms. The molecule has 2 N–H and O–H groups in total. The summed E-state index contributed by atoms with van der Waals surface area (Å²) in [5.41, 5.74) is 3.33. The van der Waals surface area contributed by atoms with E-state index in [1.807, 2.05) is 20.8 Å². The fourth-order valence-electron chi connectivity index (χ4n) is 3.67. The normalized spacial score (nSPS) is 13.8. The molecule has 2 aromatic rings. The van der Waals surface area contributed by atoms with Crippen molar-refractivity contribution in [2.45, 2.75) is 52.9 Å². The minimum Gasteiger partial charge on any atom is -0.459 e. The number of hydrogen-bond donors (Lipinski definition) is 2. The average molecular weight is 427 g/mol. The van der Waals surface area contributed by atoms with E-state index in [1.165, 1.54) is 12.1 Å². The molecule has 0 radical (unpaired) electrons. The topological polar surface area (TPSA) is 84.9 Å². The van der Waals surface area contributed by atoms with Crippen LogP contribution >= 0.6 is 0 Å². The summed E-state index contributed by atoms with van der Waals surface area (Å²) in [4.78, 5) is 25.8. The lowest BCUT2D eigenvalue weighted by atomic mass is 9.73. The average Bonchev–Trinajstić information content (AvgIpc) is 3.12. The Labute approximate surface area is 181 Å². The van der Waals surface area contributed by atoms with Gasteiger partial charge < -0.3 is 19.7 Å². The summed E-state index contributed by atoms with van der Waals surface area (Å²) in [6.45, 7) is 5.92. The van der Waals surface area contributed by atoms with Crippen molar-refractivity contribution in [3.8, 4) is 0 Å². The molecule has 0 aliphatic carbocycles. The van der Waals surface area contributed by atoms with Gasteiger partial charge in [-0.3, -0.25) is 4.79 Å². The molecule has 1 aliphatic rings. The van der Waals surface area contributed by atoms with E-state index in [2.05, 4.69) is 5.32 Å². The van der Waals surface area contributed by atoms with Crippen LogP contribution in [0.25, 0.3) is 0 Å². The highest BCUT2D eigenvalue weighted by atomic mass is 19.1. The van der Waals surface area contributed by atoms with E-state index in [1.54, 1.807) is 24.3 Å². The Morgan fingerprint density at radius 2 is 1.94 bits per heavy atom. The van der Waals surface area contributed by atoms with Gasteiger partial charge >= 0.3 is 13.1 Å². The fourth-order valence-corrected chi connectivity index (χ4v) is 3.67. The first kappa shape index (κ1) is 23.0. The van der Waals surface area contributed by atoms with Gasteiger partial charge in [0.05, 0.1) is 6.61 Å². The van der Waals surface area contributed by atoms with Crippen LogP contribution in [0.4, 0.5) is 4.39 Å². The lowest BCUT2D eigenvalue weighted by Gasteiger charge is -2.22. The van der Waals surface area contributed by atoms with E-state index in [0.717, 1.165) is 17.5 Å². The van der Waals surface area contributed by atoms with Crippen molar-refractivity contribution in [2.24, 2.45) is 5.92 Å². The number of amides is 1. The van der Waals surface area contributed by atoms with Crippen LogP contribution in [-0.2, 0) is 33.8 Å². The Hall–Kier alpha value is -2.71. The number of esters is 1. The molecule has 31 heavy (non-hydrogen) atoms. The van der Waals surface area contributed by atoms with Crippen LogP contribution in [0.5, 0.6) is 0 Å². The molecule has 6 nitrogen and oxygen atoms in total. The van der Waals surface area contributed by atoms with Crippen molar-refractivity contribution in [2.75, 3.05) is 0 Å². The Balaban J connectivity index is 1.75. The maximum Gasteiger partial charge on any atom is 0.492 e. The van der Waals surface area contributed by atoms with Crippen LogP contribution in [0.3, 0.4) is 0 Å². The molecule has 2 aromatic carbocycles. The second-order valence-corrected chi connectivity index (χ2v) is 8.01. The van der Waals surface area contributed by atoms with Crippen molar-refractivity contribution >= 4 is 24.5 Å². The van der Waals surface area contributed by atoms with E-state index in [9.17, 15) is 19.0 Å². The number of hydrogen-bond acceptors (Lipinski definition) is 5. The predicted octanol–water partition coefficient (Wildman–Crippen LogP) is 2.49. The molecule has 164 valence electrons. The van der Waals surface area contributed by atoms with E-state index in [0.29, 0.717) is 29.6 Å². The van der Waals surface area contributed by atoms with Crippen molar-refractivity contribution in [1.29, 1.82) is 0 Å². The smallest absolute Gasteiger partial charge is 0.459 e. The summed E-state index contributed by atoms with van der Waals surface area (Å²) < 4.78 is 23.7. The Morgan fingerprint density at radius 1 is 1.23 bits per heavy atom. The minimum atomic E-state index is -1.05. The first-order chi connectivity index (χ1) is 14.8. The number of halogens is 1. The van der Waals surface area contributed by atoms with Gasteiger partial charge in [0.1, 0.15) is 18.5 Å². The molecule has 0 saturated carbocycles. The molecule has 0 spiro atoms. The molecule has 1 amide bonds. The second kappa shape index (κ2) is 10.1. The molecule has 0 fully saturated rings. The molecule has 0 bridgehead atoms. The highest BCUT2D eigenvalue weighted by molar-refractivity contribution is 6.62. The van der Waals surface area contributed by atoms with Crippen molar-refractivity contribution < 1.29 is 28.4 Å². The van der Waals surface area contributed by atoms with Crippen LogP contribution in [0, 0.1) is 11.7 Å². The van der Waals surface area contributed by atoms with Crippen LogP contribution in [0.1, 0.15) is 54.2 Å². The standard InChI is InChI=1S/C23H27BFNO5/c1-4-5-18-19(11-8-16-13-31-24(29)20(16)18)22(27)26-21(14(2)3)23(28)30-12-15-6-9-17(25)10-7-15/h6-11,14,21,29H,4-5,12-13H2,1-3H3,(H,26,27)/t21-/m0/s1. The minimum absolute atomic E-state index is 0.0122. The molecule has 1 atom stereocenters. The lowest BCUT2D eigenvalue weighted by molar-refractivity contribution is -0.148. The number of carbonyl (C=O) groups is 2. The summed E-state index contributed by atoms with van der Waals surface area (Å²) >= 11 is 0. The maximum atomic E-state index is 13.1. The van der Waals surface area contributed by atoms with Gasteiger partial charge in [-0.25, -0.2) is 9.18 Å². The Bertz CT molecular complexity index is 948. The van der Waals surface area contributed by atoms with Gasteiger partial charge in [0, 0.05) is 5.56 Å². The van der Waals surface area contributed by atoms with Crippen LogP contribution < -0.4 is 10.8 Å². The number of ether oxygens (including phenoxy) is 1. The highest BCUT2D eigenvalue weighted by Crippen LogP contribution is 2.19. The van der Waals surface area contributed by atoms with Crippen LogP contribution in [-0.4, -0.2) is 30.1 Å². The first-order valence-corrected chi connectivity index (χ1v) is 10.5. The quantitative estimate of drug-likeness (QED) is 0.500. The SMILES string of the molecule is CCCc1c(C(=O)N[C@H](C(=O)OCc2ccc(F)cc2)C(C)C)ccc2c1B(O)OC2. The summed E-state index contributed by atoms with van der Waals surface area (Å²) in [7, 11) is -1.05. The van der Waals surface area contributed by atoms with Gasteiger partial charge in [0.2, 0.25) is 0 Å². The molecule has 0 unspecified atom stereocenters. The number of benzene rings is 2. The predicted molar refractivity (Wildman–Crippen MR) is 115 cm³/mol. The Kier molecular flexibility index (Phi) is 7.46. The lowest BCUT2D eigenvalue weighted by Crippen LogP contribution is -2.46. The fraction of sp³-hybridized carbons (Fsp3) is 0.391. The van der Waals surface area contributed by atoms with E-state index in [-0.39, 0.29) is 18.3 Å². The zero-order valence-electron chi connectivity index (χ0n) is 18.0. The van der Waals surface area contributed by atoms with Crippen LogP contribution in [0.2, 0.25) is 0 Å². The highest BCUT2D eigenvalue weighted by Gasteiger charge is 2.33. The second-order valence-electron chi connectivity index (χ2n) is 8.01. The molecule has 1 aliphatic heterocycles. The van der Waals surface area contributed by atoms with Crippen LogP contribution in [0.15, 0.2) is 36.4 Å². The van der Waals surface area contributed by atoms with E-state index in [4.69, 9.17) is 9.39 Å². The van der Waals surface area contributed by atoms with E-state index < -0.39 is 25.0 Å². The van der Waals surface area contributed by atoms with Crippen molar-refractivity contribution in [1.82, 2.24) is 5.32 Å². The van der Waals surface area contributed by atoms with Gasteiger partial charge in [-0.1, -0.05) is 45.4 Å². The molecule has 3 rings (SSSR count). The number of carbonyl (C=O) groups excluding carboxylic acids is 2. The third-order valence-corrected chi connectivity index (χ3v) is 5.34. The molecular weight excluding hydrogens is 400 g/mol. The third kappa shape index (κ3) is 5.32. The summed E-state index contributed by atoms with van der Waals surface area (Å²) in [6.07, 6.45) is 1.39. The zero-order valence-corrected chi connectivity index (χ0v) is 18.0. The number of fused-ring (bicyclic) bond motifs is 1. The molecule has 0 aromatic heterocycles. The first-order valence-electron chi connectivity index (χ1n) is 10.5. The molecular formula is C23H27BFNO5. The van der Waals surface area contributed by atoms with Gasteiger partial charge in [0.15, 0.2) is 0 Å². The van der Waals surface area contributed by atoms with Gasteiger partial charge in [-0.2, -0.15) is 0 Å². The summed E-state index contributed by atoms with van der Waals surface area (Å²) in [5.74, 6) is -1.53.